The van der Waals surface area contributed by atoms with Crippen molar-refractivity contribution in [3.05, 3.63) is 60.2 Å². The summed E-state index contributed by atoms with van der Waals surface area (Å²) in [6, 6.07) is 11.8. The van der Waals surface area contributed by atoms with Gasteiger partial charge in [-0.2, -0.15) is 0 Å². The van der Waals surface area contributed by atoms with Crippen molar-refractivity contribution in [2.24, 2.45) is 7.05 Å². The predicted octanol–water partition coefficient (Wildman–Crippen LogP) is 4.40. The number of aromatic nitrogens is 2. The summed E-state index contributed by atoms with van der Waals surface area (Å²) in [5.74, 6) is 0.000764. The third-order valence-electron chi connectivity index (χ3n) is 6.80. The molecule has 1 fully saturated rings. The first kappa shape index (κ1) is 23.0. The zero-order valence-corrected chi connectivity index (χ0v) is 20.0. The van der Waals surface area contributed by atoms with Crippen molar-refractivity contribution >= 4 is 31.9 Å². The molecular weight excluding hydrogens is 455 g/mol. The van der Waals surface area contributed by atoms with E-state index in [1.807, 2.05) is 29.9 Å². The number of hydrogen-bond acceptors (Lipinski definition) is 5. The number of aryl methyl sites for hydroxylation is 1. The van der Waals surface area contributed by atoms with Crippen molar-refractivity contribution < 1.29 is 17.3 Å². The first-order chi connectivity index (χ1) is 16.4. The van der Waals surface area contributed by atoms with Crippen LogP contribution >= 0.6 is 0 Å². The number of benzene rings is 2. The van der Waals surface area contributed by atoms with Gasteiger partial charge in [0.1, 0.15) is 5.82 Å². The van der Waals surface area contributed by atoms with Gasteiger partial charge in [-0.15, -0.1) is 0 Å². The maximum Gasteiger partial charge on any atom is 0.240 e. The Morgan fingerprint density at radius 1 is 1.12 bits per heavy atom. The number of piperidine rings is 1. The number of nitrogens with one attached hydrogen (secondary N) is 1. The molecule has 4 aromatic rings. The quantitative estimate of drug-likeness (QED) is 0.375. The molecule has 34 heavy (non-hydrogen) atoms. The summed E-state index contributed by atoms with van der Waals surface area (Å²) < 4.78 is 48.7. The third-order valence-corrected chi connectivity index (χ3v) is 8.26. The average Bonchev–Trinajstić information content (AvgIpc) is 3.42. The van der Waals surface area contributed by atoms with E-state index in [1.165, 1.54) is 12.1 Å². The van der Waals surface area contributed by atoms with E-state index in [0.717, 1.165) is 67.3 Å². The molecule has 0 atom stereocenters. The Kier molecular flexibility index (Phi) is 6.42. The Hall–Kier alpha value is -2.75. The average molecular weight is 485 g/mol. The summed E-state index contributed by atoms with van der Waals surface area (Å²) in [6.07, 6.45) is 5.59. The van der Waals surface area contributed by atoms with Gasteiger partial charge in [0.15, 0.2) is 5.58 Å². The van der Waals surface area contributed by atoms with Gasteiger partial charge in [0.25, 0.3) is 0 Å². The standard InChI is InChI=1S/C25H29FN4O3S/c1-29-13-8-18-4-6-21(17-23(18)29)34(31,32)27-11-2-3-12-30-14-9-19(10-15-30)25-22-7-5-20(26)16-24(22)33-28-25/h4-8,13,16-17,19,27H,2-3,9-12,14-15H2,1H3. The molecule has 0 saturated carbocycles. The maximum absolute atomic E-state index is 13.4. The summed E-state index contributed by atoms with van der Waals surface area (Å²) in [4.78, 5) is 2.71. The van der Waals surface area contributed by atoms with E-state index in [4.69, 9.17) is 4.52 Å². The summed E-state index contributed by atoms with van der Waals surface area (Å²) in [5, 5.41) is 6.14. The smallest absolute Gasteiger partial charge is 0.240 e. The Morgan fingerprint density at radius 2 is 1.94 bits per heavy atom. The molecule has 1 aliphatic heterocycles. The van der Waals surface area contributed by atoms with Crippen LogP contribution in [-0.4, -0.2) is 49.2 Å². The van der Waals surface area contributed by atoms with Gasteiger partial charge < -0.3 is 14.0 Å². The van der Waals surface area contributed by atoms with E-state index in [2.05, 4.69) is 14.8 Å². The molecule has 9 heteroatoms. The van der Waals surface area contributed by atoms with Gasteiger partial charge in [-0.25, -0.2) is 17.5 Å². The number of likely N-dealkylation sites (tertiary alicyclic amines) is 1. The van der Waals surface area contributed by atoms with E-state index in [-0.39, 0.29) is 5.82 Å². The van der Waals surface area contributed by atoms with Crippen LogP contribution in [0.3, 0.4) is 0 Å². The van der Waals surface area contributed by atoms with Gasteiger partial charge in [-0.05, 0) is 81.0 Å². The molecule has 5 rings (SSSR count). The highest BCUT2D eigenvalue weighted by atomic mass is 32.2. The van der Waals surface area contributed by atoms with Crippen LogP contribution in [0.4, 0.5) is 4.39 Å². The Morgan fingerprint density at radius 3 is 2.76 bits per heavy atom. The van der Waals surface area contributed by atoms with Gasteiger partial charge in [-0.3, -0.25) is 0 Å². The van der Waals surface area contributed by atoms with Gasteiger partial charge in [0.05, 0.1) is 10.6 Å². The molecule has 0 spiro atoms. The maximum atomic E-state index is 13.4. The topological polar surface area (TPSA) is 80.4 Å². The molecule has 0 aliphatic carbocycles. The number of halogens is 1. The lowest BCUT2D eigenvalue weighted by Gasteiger charge is -2.31. The van der Waals surface area contributed by atoms with Gasteiger partial charge >= 0.3 is 0 Å². The largest absolute Gasteiger partial charge is 0.356 e. The van der Waals surface area contributed by atoms with E-state index < -0.39 is 10.0 Å². The second-order valence-corrected chi connectivity index (χ2v) is 10.8. The summed E-state index contributed by atoms with van der Waals surface area (Å²) in [6.45, 7) is 3.28. The fraction of sp³-hybridized carbons (Fsp3) is 0.400. The minimum Gasteiger partial charge on any atom is -0.356 e. The van der Waals surface area contributed by atoms with Crippen LogP contribution in [0.2, 0.25) is 0 Å². The number of sulfonamides is 1. The molecule has 2 aromatic heterocycles. The highest BCUT2D eigenvalue weighted by molar-refractivity contribution is 7.89. The zero-order valence-electron chi connectivity index (χ0n) is 19.2. The first-order valence-electron chi connectivity index (χ1n) is 11.7. The van der Waals surface area contributed by atoms with Crippen LogP contribution in [0.25, 0.3) is 21.9 Å². The lowest BCUT2D eigenvalue weighted by molar-refractivity contribution is 0.206. The summed E-state index contributed by atoms with van der Waals surface area (Å²) in [7, 11) is -1.61. The van der Waals surface area contributed by atoms with Crippen molar-refractivity contribution in [3.63, 3.8) is 0 Å². The molecule has 1 saturated heterocycles. The normalized spacial score (nSPS) is 16.1. The SMILES string of the molecule is Cn1ccc2ccc(S(=O)(=O)NCCCCN3CCC(c4noc5cc(F)ccc45)CC3)cc21. The number of fused-ring (bicyclic) bond motifs is 2. The van der Waals surface area contributed by atoms with Crippen LogP contribution in [0.5, 0.6) is 0 Å². The first-order valence-corrected chi connectivity index (χ1v) is 13.2. The van der Waals surface area contributed by atoms with Crippen molar-refractivity contribution in [2.45, 2.75) is 36.5 Å². The molecule has 180 valence electrons. The van der Waals surface area contributed by atoms with Gasteiger partial charge in [-0.1, -0.05) is 11.2 Å². The van der Waals surface area contributed by atoms with E-state index in [9.17, 15) is 12.8 Å². The predicted molar refractivity (Wildman–Crippen MR) is 130 cm³/mol. The minimum atomic E-state index is -3.52. The minimum absolute atomic E-state index is 0.298. The summed E-state index contributed by atoms with van der Waals surface area (Å²) in [5.41, 5.74) is 2.33. The number of hydrogen-bond donors (Lipinski definition) is 1. The van der Waals surface area contributed by atoms with Crippen molar-refractivity contribution in [2.75, 3.05) is 26.2 Å². The van der Waals surface area contributed by atoms with E-state index in [0.29, 0.717) is 22.9 Å². The molecule has 1 aliphatic rings. The molecule has 0 unspecified atom stereocenters. The van der Waals surface area contributed by atoms with E-state index in [1.54, 1.807) is 18.2 Å². The molecule has 7 nitrogen and oxygen atoms in total. The summed E-state index contributed by atoms with van der Waals surface area (Å²) >= 11 is 0. The van der Waals surface area contributed by atoms with Crippen molar-refractivity contribution in [3.8, 4) is 0 Å². The lowest BCUT2D eigenvalue weighted by Crippen LogP contribution is -2.34. The van der Waals surface area contributed by atoms with Gasteiger partial charge in [0, 0.05) is 42.7 Å². The van der Waals surface area contributed by atoms with Crippen LogP contribution < -0.4 is 4.72 Å². The van der Waals surface area contributed by atoms with Gasteiger partial charge in [0.2, 0.25) is 10.0 Å². The molecule has 3 heterocycles. The van der Waals surface area contributed by atoms with Crippen LogP contribution in [0.1, 0.15) is 37.3 Å². The second-order valence-electron chi connectivity index (χ2n) is 9.08. The lowest BCUT2D eigenvalue weighted by atomic mass is 9.91. The third kappa shape index (κ3) is 4.73. The second kappa shape index (κ2) is 9.48. The molecule has 1 N–H and O–H groups in total. The Labute approximate surface area is 198 Å². The molecule has 0 bridgehead atoms. The highest BCUT2D eigenvalue weighted by Crippen LogP contribution is 2.32. The van der Waals surface area contributed by atoms with Crippen LogP contribution in [-0.2, 0) is 17.1 Å². The zero-order chi connectivity index (χ0) is 23.7. The monoisotopic (exact) mass is 484 g/mol. The molecule has 0 amide bonds. The van der Waals surface area contributed by atoms with E-state index >= 15 is 0 Å². The highest BCUT2D eigenvalue weighted by Gasteiger charge is 2.25. The number of nitrogens with zero attached hydrogens (tertiary/aromatic N) is 3. The number of unbranched alkanes of at least 4 members (excludes halogenated alkanes) is 1. The number of rotatable bonds is 8. The fourth-order valence-corrected chi connectivity index (χ4v) is 5.91. The van der Waals surface area contributed by atoms with Crippen molar-refractivity contribution in [1.29, 1.82) is 0 Å². The van der Waals surface area contributed by atoms with Crippen molar-refractivity contribution in [1.82, 2.24) is 19.3 Å². The van der Waals surface area contributed by atoms with Crippen LogP contribution in [0, 0.1) is 5.82 Å². The molecule has 2 aromatic carbocycles. The Bertz CT molecular complexity index is 1400. The van der Waals surface area contributed by atoms with Crippen LogP contribution in [0.15, 0.2) is 58.1 Å². The molecular formula is C25H29FN4O3S. The fourth-order valence-electron chi connectivity index (χ4n) is 4.81. The Balaban J connectivity index is 1.07. The molecule has 0 radical (unpaired) electrons.